The molecule has 7 nitrogen and oxygen atoms in total. The Hall–Kier alpha value is -2.89. The first kappa shape index (κ1) is 19.4. The van der Waals surface area contributed by atoms with E-state index in [0.29, 0.717) is 17.9 Å². The van der Waals surface area contributed by atoms with Crippen LogP contribution in [0.5, 0.6) is 5.75 Å². The summed E-state index contributed by atoms with van der Waals surface area (Å²) in [6.45, 7) is 0.368. The minimum Gasteiger partial charge on any atom is -0.497 e. The van der Waals surface area contributed by atoms with E-state index in [9.17, 15) is 13.2 Å². The fourth-order valence-corrected chi connectivity index (χ4v) is 3.21. The number of nitriles is 1. The van der Waals surface area contributed by atoms with Gasteiger partial charge in [0, 0.05) is 25.1 Å². The predicted octanol–water partition coefficient (Wildman–Crippen LogP) is 1.82. The predicted molar refractivity (Wildman–Crippen MR) is 96.0 cm³/mol. The van der Waals surface area contributed by atoms with Gasteiger partial charge < -0.3 is 10.1 Å². The maximum absolute atomic E-state index is 12.2. The second kappa shape index (κ2) is 8.99. The molecule has 0 saturated carbocycles. The Morgan fingerprint density at radius 1 is 1.19 bits per heavy atom. The molecule has 0 radical (unpaired) electrons. The van der Waals surface area contributed by atoms with Crippen LogP contribution < -0.4 is 14.8 Å². The third-order valence-corrected chi connectivity index (χ3v) is 5.02. The second-order valence-corrected chi connectivity index (χ2v) is 7.13. The van der Waals surface area contributed by atoms with Crippen molar-refractivity contribution in [1.82, 2.24) is 10.0 Å². The molecule has 0 aliphatic heterocycles. The standard InChI is InChI=1S/C18H19N3O4S/c1-25-16-5-2-4-14(12-16)13-20-18(22)15-6-8-17(9-7-15)26(23,24)21-11-3-10-19/h2,4-9,12,21H,3,11,13H2,1H3,(H,20,22). The summed E-state index contributed by atoms with van der Waals surface area (Å²) in [5.41, 5.74) is 1.24. The van der Waals surface area contributed by atoms with Gasteiger partial charge in [0.2, 0.25) is 10.0 Å². The molecule has 2 rings (SSSR count). The normalized spacial score (nSPS) is 10.8. The smallest absolute Gasteiger partial charge is 0.251 e. The van der Waals surface area contributed by atoms with Crippen molar-refractivity contribution in [1.29, 1.82) is 5.26 Å². The van der Waals surface area contributed by atoms with Crippen molar-refractivity contribution in [3.05, 3.63) is 59.7 Å². The summed E-state index contributed by atoms with van der Waals surface area (Å²) >= 11 is 0. The maximum atomic E-state index is 12.2. The van der Waals surface area contributed by atoms with E-state index in [4.69, 9.17) is 10.00 Å². The highest BCUT2D eigenvalue weighted by molar-refractivity contribution is 7.89. The molecule has 26 heavy (non-hydrogen) atoms. The van der Waals surface area contributed by atoms with Gasteiger partial charge in [-0.15, -0.1) is 0 Å². The summed E-state index contributed by atoms with van der Waals surface area (Å²) in [5.74, 6) is 0.393. The fraction of sp³-hybridized carbons (Fsp3) is 0.222. The van der Waals surface area contributed by atoms with Crippen LogP contribution in [0.25, 0.3) is 0 Å². The lowest BCUT2D eigenvalue weighted by Crippen LogP contribution is -2.25. The summed E-state index contributed by atoms with van der Waals surface area (Å²) in [6.07, 6.45) is 0.0873. The first-order valence-corrected chi connectivity index (χ1v) is 9.32. The lowest BCUT2D eigenvalue weighted by Gasteiger charge is -2.08. The molecule has 136 valence electrons. The number of ether oxygens (including phenoxy) is 1. The van der Waals surface area contributed by atoms with Crippen LogP contribution >= 0.6 is 0 Å². The van der Waals surface area contributed by atoms with Gasteiger partial charge in [0.15, 0.2) is 0 Å². The van der Waals surface area contributed by atoms with Crippen molar-refractivity contribution in [3.63, 3.8) is 0 Å². The zero-order valence-corrected chi connectivity index (χ0v) is 15.0. The average Bonchev–Trinajstić information content (AvgIpc) is 2.66. The van der Waals surface area contributed by atoms with E-state index in [1.165, 1.54) is 24.3 Å². The molecule has 0 fully saturated rings. The SMILES string of the molecule is COc1cccc(CNC(=O)c2ccc(S(=O)(=O)NCCC#N)cc2)c1. The summed E-state index contributed by atoms with van der Waals surface area (Å²) < 4.78 is 31.5. The average molecular weight is 373 g/mol. The second-order valence-electron chi connectivity index (χ2n) is 5.36. The molecule has 0 bridgehead atoms. The Kier molecular flexibility index (Phi) is 6.72. The van der Waals surface area contributed by atoms with Gasteiger partial charge in [-0.2, -0.15) is 5.26 Å². The molecule has 0 atom stereocenters. The minimum absolute atomic E-state index is 0.0415. The molecule has 8 heteroatoms. The number of hydrogen-bond acceptors (Lipinski definition) is 5. The maximum Gasteiger partial charge on any atom is 0.251 e. The van der Waals surface area contributed by atoms with Crippen LogP contribution in [-0.2, 0) is 16.6 Å². The molecule has 1 amide bonds. The monoisotopic (exact) mass is 373 g/mol. The van der Waals surface area contributed by atoms with Crippen molar-refractivity contribution in [2.75, 3.05) is 13.7 Å². The van der Waals surface area contributed by atoms with Crippen LogP contribution in [-0.4, -0.2) is 28.0 Å². The number of nitrogens with one attached hydrogen (secondary N) is 2. The number of methoxy groups -OCH3 is 1. The highest BCUT2D eigenvalue weighted by Crippen LogP contribution is 2.13. The van der Waals surface area contributed by atoms with Gasteiger partial charge in [-0.25, -0.2) is 13.1 Å². The van der Waals surface area contributed by atoms with Crippen LogP contribution in [0.15, 0.2) is 53.4 Å². The summed E-state index contributed by atoms with van der Waals surface area (Å²) in [6, 6.07) is 14.8. The van der Waals surface area contributed by atoms with Crippen molar-refractivity contribution >= 4 is 15.9 Å². The molecule has 0 heterocycles. The van der Waals surface area contributed by atoms with Crippen LogP contribution in [0.2, 0.25) is 0 Å². The van der Waals surface area contributed by atoms with Gasteiger partial charge in [0.25, 0.3) is 5.91 Å². The Morgan fingerprint density at radius 3 is 2.58 bits per heavy atom. The number of benzene rings is 2. The van der Waals surface area contributed by atoms with Gasteiger partial charge >= 0.3 is 0 Å². The van der Waals surface area contributed by atoms with Gasteiger partial charge in [-0.05, 0) is 42.0 Å². The molecule has 2 N–H and O–H groups in total. The molecular weight excluding hydrogens is 354 g/mol. The van der Waals surface area contributed by atoms with E-state index in [1.807, 2.05) is 30.3 Å². The first-order chi connectivity index (χ1) is 12.5. The van der Waals surface area contributed by atoms with Crippen molar-refractivity contribution in [2.24, 2.45) is 0 Å². The summed E-state index contributed by atoms with van der Waals surface area (Å²) in [4.78, 5) is 12.2. The number of nitrogens with zero attached hydrogens (tertiary/aromatic N) is 1. The van der Waals surface area contributed by atoms with E-state index in [-0.39, 0.29) is 23.8 Å². The zero-order chi connectivity index (χ0) is 19.0. The Morgan fingerprint density at radius 2 is 1.92 bits per heavy atom. The van der Waals surface area contributed by atoms with E-state index in [0.717, 1.165) is 5.56 Å². The van der Waals surface area contributed by atoms with Crippen LogP contribution in [0.3, 0.4) is 0 Å². The Bertz CT molecular complexity index is 903. The van der Waals surface area contributed by atoms with E-state index >= 15 is 0 Å². The highest BCUT2D eigenvalue weighted by Gasteiger charge is 2.14. The van der Waals surface area contributed by atoms with E-state index < -0.39 is 10.0 Å². The van der Waals surface area contributed by atoms with Crippen LogP contribution in [0, 0.1) is 11.3 Å². The Balaban J connectivity index is 1.99. The highest BCUT2D eigenvalue weighted by atomic mass is 32.2. The number of hydrogen-bond donors (Lipinski definition) is 2. The minimum atomic E-state index is -3.68. The number of rotatable bonds is 8. The van der Waals surface area contributed by atoms with E-state index in [1.54, 1.807) is 7.11 Å². The first-order valence-electron chi connectivity index (χ1n) is 7.84. The lowest BCUT2D eigenvalue weighted by atomic mass is 10.2. The molecule has 0 aliphatic carbocycles. The van der Waals surface area contributed by atoms with Crippen molar-refractivity contribution in [3.8, 4) is 11.8 Å². The number of amides is 1. The number of carbonyl (C=O) groups is 1. The molecule has 0 spiro atoms. The topological polar surface area (TPSA) is 108 Å². The third kappa shape index (κ3) is 5.31. The molecule has 0 aliphatic rings. The van der Waals surface area contributed by atoms with Gasteiger partial charge in [0.05, 0.1) is 18.1 Å². The molecule has 0 aromatic heterocycles. The number of sulfonamides is 1. The number of carbonyl (C=O) groups excluding carboxylic acids is 1. The largest absolute Gasteiger partial charge is 0.497 e. The molecule has 2 aromatic carbocycles. The molecular formula is C18H19N3O4S. The quantitative estimate of drug-likeness (QED) is 0.686. The van der Waals surface area contributed by atoms with Crippen LogP contribution in [0.4, 0.5) is 0 Å². The zero-order valence-electron chi connectivity index (χ0n) is 14.2. The molecule has 0 saturated heterocycles. The van der Waals surface area contributed by atoms with E-state index in [2.05, 4.69) is 10.0 Å². The summed E-state index contributed by atoms with van der Waals surface area (Å²) in [7, 11) is -2.11. The van der Waals surface area contributed by atoms with Gasteiger partial charge in [0.1, 0.15) is 5.75 Å². The molecule has 2 aromatic rings. The van der Waals surface area contributed by atoms with Gasteiger partial charge in [-0.3, -0.25) is 4.79 Å². The Labute approximate surface area is 152 Å². The van der Waals surface area contributed by atoms with Crippen LogP contribution in [0.1, 0.15) is 22.3 Å². The third-order valence-electron chi connectivity index (χ3n) is 3.54. The summed E-state index contributed by atoms with van der Waals surface area (Å²) in [5, 5.41) is 11.2. The fourth-order valence-electron chi connectivity index (χ4n) is 2.18. The van der Waals surface area contributed by atoms with Crippen molar-refractivity contribution in [2.45, 2.75) is 17.9 Å². The lowest BCUT2D eigenvalue weighted by molar-refractivity contribution is 0.0950. The van der Waals surface area contributed by atoms with Crippen molar-refractivity contribution < 1.29 is 17.9 Å². The molecule has 0 unspecified atom stereocenters. The van der Waals surface area contributed by atoms with Gasteiger partial charge in [-0.1, -0.05) is 12.1 Å².